The first-order valence-corrected chi connectivity index (χ1v) is 32.8. The summed E-state index contributed by atoms with van der Waals surface area (Å²) in [5.41, 5.74) is 0. The molecule has 0 unspecified atom stereocenters. The average Bonchev–Trinajstić information content (AvgIpc) is 3.35. The van der Waals surface area contributed by atoms with Gasteiger partial charge in [0.2, 0.25) is 0 Å². The summed E-state index contributed by atoms with van der Waals surface area (Å²) in [5, 5.41) is 0. The van der Waals surface area contributed by atoms with Gasteiger partial charge < -0.3 is 33.6 Å². The lowest BCUT2D eigenvalue weighted by molar-refractivity contribution is -0.145. The smallest absolute Gasteiger partial charge is 0.307 e. The van der Waals surface area contributed by atoms with Crippen molar-refractivity contribution in [1.29, 1.82) is 0 Å². The monoisotopic (exact) mass is 1060 g/mol. The van der Waals surface area contributed by atoms with Crippen LogP contribution in [0.1, 0.15) is 195 Å². The highest BCUT2D eigenvalue weighted by molar-refractivity contribution is 8.77. The minimum Gasteiger partial charge on any atom is -0.466 e. The Morgan fingerprint density at radius 2 is 0.700 bits per heavy atom. The molecule has 0 aliphatic heterocycles. The van der Waals surface area contributed by atoms with E-state index in [2.05, 4.69) is 73.7 Å². The number of carbonyl (C=O) groups is 4. The molecule has 70 heavy (non-hydrogen) atoms. The molecule has 15 heteroatoms. The van der Waals surface area contributed by atoms with E-state index in [-0.39, 0.29) is 49.6 Å². The van der Waals surface area contributed by atoms with Crippen molar-refractivity contribution in [3.63, 3.8) is 0 Å². The van der Waals surface area contributed by atoms with Crippen molar-refractivity contribution in [2.75, 3.05) is 109 Å². The zero-order valence-corrected chi connectivity index (χ0v) is 48.5. The number of rotatable bonds is 54. The van der Waals surface area contributed by atoms with Gasteiger partial charge in [0.05, 0.1) is 38.9 Å². The number of nitrogens with zero attached hydrogens (tertiary/aromatic N) is 3. The van der Waals surface area contributed by atoms with Gasteiger partial charge in [-0.15, -0.1) is 0 Å². The number of ether oxygens (including phenoxy) is 4. The SMILES string of the molecule is CC/C=C\CCCCOC(=O)CCN(CCCN(C)CCCN(CCC(=O)OCCCC/C=C\CC)CCC(=O)OCCSSCCCCCCCC)CCC(=O)OCCSSCCCCCCCC. The van der Waals surface area contributed by atoms with E-state index in [1.165, 1.54) is 77.0 Å². The van der Waals surface area contributed by atoms with Crippen molar-refractivity contribution in [2.45, 2.75) is 195 Å². The highest BCUT2D eigenvalue weighted by atomic mass is 33.1. The second-order valence-corrected chi connectivity index (χ2v) is 23.6. The third-order valence-corrected chi connectivity index (χ3v) is 16.5. The Kier molecular flexibility index (Phi) is 54.3. The molecule has 0 aliphatic rings. The molecular weight excluding hydrogens is 959 g/mol. The predicted molar refractivity (Wildman–Crippen MR) is 305 cm³/mol. The summed E-state index contributed by atoms with van der Waals surface area (Å²) in [7, 11) is 9.41. The Hall–Kier alpha value is -1.36. The highest BCUT2D eigenvalue weighted by Gasteiger charge is 2.15. The number of carbonyl (C=O) groups excluding carboxylic acids is 4. The maximum atomic E-state index is 12.7. The van der Waals surface area contributed by atoms with E-state index in [9.17, 15) is 19.2 Å². The molecule has 0 aromatic rings. The van der Waals surface area contributed by atoms with Gasteiger partial charge in [-0.1, -0.05) is 159 Å². The Morgan fingerprint density at radius 1 is 0.357 bits per heavy atom. The van der Waals surface area contributed by atoms with Crippen LogP contribution in [0.15, 0.2) is 24.3 Å². The molecule has 0 aromatic heterocycles. The first-order valence-electron chi connectivity index (χ1n) is 27.8. The number of hydrogen-bond acceptors (Lipinski definition) is 15. The Morgan fingerprint density at radius 3 is 1.07 bits per heavy atom. The molecule has 0 N–H and O–H groups in total. The van der Waals surface area contributed by atoms with E-state index in [1.807, 2.05) is 21.6 Å². The molecule has 0 spiro atoms. The molecule has 0 amide bonds. The molecule has 0 aliphatic carbocycles. The van der Waals surface area contributed by atoms with Crippen LogP contribution in [0, 0.1) is 0 Å². The standard InChI is InChI=1S/C55H103N3O8S4/c1-6-10-14-18-22-26-44-63-52(59)32-40-57(42-34-54(61)65-46-50-69-67-48-28-24-20-16-12-8-3)38-30-36-56(5)37-31-39-58(41-33-53(60)64-45-27-23-19-15-11-7-2)43-35-55(62)66-47-51-70-68-49-29-25-21-17-13-9-4/h10-11,14-15H,6-9,12-13,16-51H2,1-5H3/b14-10-,15-11-. The van der Waals surface area contributed by atoms with Gasteiger partial charge in [-0.25, -0.2) is 0 Å². The molecule has 0 atom stereocenters. The van der Waals surface area contributed by atoms with Crippen LogP contribution in [0.4, 0.5) is 0 Å². The number of hydrogen-bond donors (Lipinski definition) is 0. The van der Waals surface area contributed by atoms with Crippen molar-refractivity contribution >= 4 is 67.1 Å². The first-order chi connectivity index (χ1) is 34.2. The van der Waals surface area contributed by atoms with Crippen LogP contribution in [0.3, 0.4) is 0 Å². The van der Waals surface area contributed by atoms with E-state index < -0.39 is 0 Å². The molecule has 0 fully saturated rings. The van der Waals surface area contributed by atoms with E-state index in [4.69, 9.17) is 18.9 Å². The molecule has 0 saturated heterocycles. The van der Waals surface area contributed by atoms with Gasteiger partial charge in [0.25, 0.3) is 0 Å². The van der Waals surface area contributed by atoms with Crippen molar-refractivity contribution in [2.24, 2.45) is 0 Å². The van der Waals surface area contributed by atoms with E-state index in [0.717, 1.165) is 113 Å². The molecule has 0 radical (unpaired) electrons. The number of unbranched alkanes of at least 4 members (excludes halogenated alkanes) is 14. The van der Waals surface area contributed by atoms with Crippen molar-refractivity contribution in [3.8, 4) is 0 Å². The van der Waals surface area contributed by atoms with E-state index in [0.29, 0.717) is 52.6 Å². The summed E-state index contributed by atoms with van der Waals surface area (Å²) in [5.74, 6) is 3.06. The second kappa shape index (κ2) is 55.4. The molecule has 0 saturated carbocycles. The molecular formula is C55H103N3O8S4. The van der Waals surface area contributed by atoms with Gasteiger partial charge in [0, 0.05) is 49.2 Å². The minimum atomic E-state index is -0.197. The normalized spacial score (nSPS) is 11.8. The second-order valence-electron chi connectivity index (χ2n) is 18.1. The molecule has 0 rings (SSSR count). The van der Waals surface area contributed by atoms with Gasteiger partial charge in [-0.05, 0) is 110 Å². The Bertz CT molecular complexity index is 1170. The lowest BCUT2D eigenvalue weighted by atomic mass is 10.1. The van der Waals surface area contributed by atoms with Crippen LogP contribution in [-0.2, 0) is 38.1 Å². The third kappa shape index (κ3) is 51.5. The van der Waals surface area contributed by atoms with Crippen LogP contribution < -0.4 is 0 Å². The van der Waals surface area contributed by atoms with Gasteiger partial charge >= 0.3 is 23.9 Å². The first kappa shape index (κ1) is 68.6. The zero-order valence-electron chi connectivity index (χ0n) is 45.2. The minimum absolute atomic E-state index is 0.196. The van der Waals surface area contributed by atoms with Gasteiger partial charge in [-0.3, -0.25) is 19.2 Å². The fourth-order valence-electron chi connectivity index (χ4n) is 7.36. The molecule has 0 aromatic carbocycles. The summed E-state index contributed by atoms with van der Waals surface area (Å²) in [6.45, 7) is 15.8. The summed E-state index contributed by atoms with van der Waals surface area (Å²) >= 11 is 0. The summed E-state index contributed by atoms with van der Waals surface area (Å²) in [6.07, 6.45) is 35.0. The van der Waals surface area contributed by atoms with Crippen molar-refractivity contribution < 1.29 is 38.1 Å². The maximum absolute atomic E-state index is 12.7. The van der Waals surface area contributed by atoms with Crippen LogP contribution in [0.2, 0.25) is 0 Å². The fourth-order valence-corrected chi connectivity index (χ4v) is 11.3. The maximum Gasteiger partial charge on any atom is 0.307 e. The highest BCUT2D eigenvalue weighted by Crippen LogP contribution is 2.24. The number of esters is 4. The number of allylic oxidation sites excluding steroid dienone is 4. The average molecular weight is 1060 g/mol. The topological polar surface area (TPSA) is 115 Å². The van der Waals surface area contributed by atoms with Gasteiger partial charge in [-0.2, -0.15) is 0 Å². The Labute approximate surface area is 445 Å². The van der Waals surface area contributed by atoms with E-state index >= 15 is 0 Å². The van der Waals surface area contributed by atoms with Crippen LogP contribution in [-0.4, -0.2) is 147 Å². The molecule has 410 valence electrons. The largest absolute Gasteiger partial charge is 0.466 e. The third-order valence-electron chi connectivity index (χ3n) is 11.6. The quantitative estimate of drug-likeness (QED) is 0.0189. The molecule has 0 heterocycles. The Balaban J connectivity index is 4.98. The summed E-state index contributed by atoms with van der Waals surface area (Å²) < 4.78 is 22.2. The zero-order chi connectivity index (χ0) is 51.2. The van der Waals surface area contributed by atoms with Crippen LogP contribution in [0.5, 0.6) is 0 Å². The predicted octanol–water partition coefficient (Wildman–Crippen LogP) is 13.8. The molecule has 0 bridgehead atoms. The van der Waals surface area contributed by atoms with Crippen molar-refractivity contribution in [3.05, 3.63) is 24.3 Å². The van der Waals surface area contributed by atoms with Crippen LogP contribution >= 0.6 is 43.2 Å². The fraction of sp³-hybridized carbons (Fsp3) is 0.855. The summed E-state index contributed by atoms with van der Waals surface area (Å²) in [4.78, 5) is 57.5. The lowest BCUT2D eigenvalue weighted by Crippen LogP contribution is -2.34. The van der Waals surface area contributed by atoms with Gasteiger partial charge in [0.1, 0.15) is 13.2 Å². The summed E-state index contributed by atoms with van der Waals surface area (Å²) in [6, 6.07) is 0. The van der Waals surface area contributed by atoms with Crippen molar-refractivity contribution in [1.82, 2.24) is 14.7 Å². The van der Waals surface area contributed by atoms with Gasteiger partial charge in [0.15, 0.2) is 0 Å². The van der Waals surface area contributed by atoms with E-state index in [1.54, 1.807) is 21.6 Å². The van der Waals surface area contributed by atoms with Crippen LogP contribution in [0.25, 0.3) is 0 Å². The molecule has 11 nitrogen and oxygen atoms in total. The lowest BCUT2D eigenvalue weighted by Gasteiger charge is -2.25.